The van der Waals surface area contributed by atoms with Gasteiger partial charge in [-0.05, 0) is 13.3 Å². The Labute approximate surface area is 150 Å². The molecule has 1 saturated heterocycles. The molecular weight excluding hydrogens is 318 g/mol. The molecule has 1 aromatic rings. The first-order valence-electron chi connectivity index (χ1n) is 9.04. The van der Waals surface area contributed by atoms with Gasteiger partial charge in [0.15, 0.2) is 5.96 Å². The normalized spacial score (nSPS) is 30.2. The third-order valence-corrected chi connectivity index (χ3v) is 6.34. The van der Waals surface area contributed by atoms with Gasteiger partial charge in [-0.25, -0.2) is 0 Å². The molecular formula is C18H31N5O2. The molecule has 0 bridgehead atoms. The molecule has 0 amide bonds. The summed E-state index contributed by atoms with van der Waals surface area (Å²) in [5.41, 5.74) is 0.998. The summed E-state index contributed by atoms with van der Waals surface area (Å²) in [4.78, 5) is 9.26. The van der Waals surface area contributed by atoms with Gasteiger partial charge in [-0.15, -0.1) is 0 Å². The average Bonchev–Trinajstić information content (AvgIpc) is 3.12. The first kappa shape index (κ1) is 18.2. The molecule has 25 heavy (non-hydrogen) atoms. The Morgan fingerprint density at radius 1 is 1.36 bits per heavy atom. The van der Waals surface area contributed by atoms with Crippen molar-refractivity contribution in [3.05, 3.63) is 18.0 Å². The lowest BCUT2D eigenvalue weighted by Gasteiger charge is -2.59. The highest BCUT2D eigenvalue weighted by atomic mass is 16.5. The van der Waals surface area contributed by atoms with Crippen LogP contribution < -0.4 is 5.32 Å². The minimum absolute atomic E-state index is 0.0696. The van der Waals surface area contributed by atoms with Crippen LogP contribution in [0.15, 0.2) is 21.8 Å². The molecule has 1 N–H and O–H groups in total. The van der Waals surface area contributed by atoms with Crippen LogP contribution in [0.5, 0.6) is 0 Å². The Bertz CT molecular complexity index is 593. The van der Waals surface area contributed by atoms with Crippen molar-refractivity contribution >= 4 is 5.96 Å². The number of aromatic nitrogens is 1. The highest BCUT2D eigenvalue weighted by Gasteiger charge is 2.58. The van der Waals surface area contributed by atoms with E-state index in [0.717, 1.165) is 50.8 Å². The molecule has 140 valence electrons. The number of hydrogen-bond donors (Lipinski definition) is 1. The minimum atomic E-state index is -0.0696. The number of guanidine groups is 1. The molecule has 1 aliphatic heterocycles. The Hall–Kier alpha value is -1.60. The summed E-state index contributed by atoms with van der Waals surface area (Å²) in [6, 6.07) is 2.31. The fourth-order valence-corrected chi connectivity index (χ4v) is 3.84. The number of nitrogens with zero attached hydrogens (tertiary/aromatic N) is 4. The molecule has 1 aliphatic carbocycles. The predicted molar refractivity (Wildman–Crippen MR) is 97.4 cm³/mol. The van der Waals surface area contributed by atoms with Crippen LogP contribution in [0.1, 0.15) is 32.9 Å². The Balaban J connectivity index is 1.52. The summed E-state index contributed by atoms with van der Waals surface area (Å²) < 4.78 is 10.6. The summed E-state index contributed by atoms with van der Waals surface area (Å²) in [6.07, 6.45) is 2.63. The van der Waals surface area contributed by atoms with Crippen LogP contribution in [0.3, 0.4) is 0 Å². The van der Waals surface area contributed by atoms with Crippen LogP contribution >= 0.6 is 0 Å². The lowest BCUT2D eigenvalue weighted by Crippen LogP contribution is -2.70. The topological polar surface area (TPSA) is 66.1 Å². The van der Waals surface area contributed by atoms with E-state index in [1.54, 1.807) is 13.4 Å². The Morgan fingerprint density at radius 2 is 2.08 bits per heavy atom. The lowest BCUT2D eigenvalue weighted by atomic mass is 9.56. The second-order valence-corrected chi connectivity index (χ2v) is 7.86. The third-order valence-electron chi connectivity index (χ3n) is 6.34. The second kappa shape index (κ2) is 6.96. The van der Waals surface area contributed by atoms with Crippen molar-refractivity contribution in [3.63, 3.8) is 0 Å². The van der Waals surface area contributed by atoms with Crippen molar-refractivity contribution in [1.29, 1.82) is 0 Å². The van der Waals surface area contributed by atoms with Gasteiger partial charge < -0.3 is 19.5 Å². The molecule has 2 atom stereocenters. The quantitative estimate of drug-likeness (QED) is 0.657. The summed E-state index contributed by atoms with van der Waals surface area (Å²) in [5.74, 6) is 0.998. The fourth-order valence-electron chi connectivity index (χ4n) is 3.84. The number of piperazine rings is 1. The Kier molecular flexibility index (Phi) is 5.06. The van der Waals surface area contributed by atoms with Crippen molar-refractivity contribution < 1.29 is 9.26 Å². The van der Waals surface area contributed by atoms with Gasteiger partial charge in [-0.3, -0.25) is 9.89 Å². The molecule has 2 aliphatic rings. The van der Waals surface area contributed by atoms with Crippen LogP contribution in [0.4, 0.5) is 0 Å². The lowest BCUT2D eigenvalue weighted by molar-refractivity contribution is -0.177. The van der Waals surface area contributed by atoms with E-state index in [1.807, 2.05) is 13.1 Å². The number of rotatable bonds is 4. The van der Waals surface area contributed by atoms with E-state index < -0.39 is 0 Å². The summed E-state index contributed by atoms with van der Waals surface area (Å²) in [5, 5.41) is 7.66. The smallest absolute Gasteiger partial charge is 0.193 e. The van der Waals surface area contributed by atoms with Crippen molar-refractivity contribution in [2.75, 3.05) is 40.3 Å². The van der Waals surface area contributed by atoms with Gasteiger partial charge in [-0.1, -0.05) is 19.0 Å². The summed E-state index contributed by atoms with van der Waals surface area (Å²) in [6.45, 7) is 11.5. The zero-order valence-corrected chi connectivity index (χ0v) is 16.1. The molecule has 7 nitrogen and oxygen atoms in total. The summed E-state index contributed by atoms with van der Waals surface area (Å²) in [7, 11) is 3.67. The van der Waals surface area contributed by atoms with E-state index in [2.05, 4.69) is 46.0 Å². The van der Waals surface area contributed by atoms with Crippen LogP contribution in [0, 0.1) is 5.41 Å². The molecule has 7 heteroatoms. The first-order chi connectivity index (χ1) is 11.9. The van der Waals surface area contributed by atoms with Gasteiger partial charge in [0.1, 0.15) is 6.26 Å². The number of nitrogens with one attached hydrogen (secondary N) is 1. The molecule has 0 spiro atoms. The number of methoxy groups -OCH3 is 1. The molecule has 2 fully saturated rings. The van der Waals surface area contributed by atoms with Gasteiger partial charge in [0, 0.05) is 64.4 Å². The van der Waals surface area contributed by atoms with Crippen LogP contribution in [-0.4, -0.2) is 72.9 Å². The monoisotopic (exact) mass is 349 g/mol. The van der Waals surface area contributed by atoms with Gasteiger partial charge in [-0.2, -0.15) is 0 Å². The van der Waals surface area contributed by atoms with Crippen molar-refractivity contribution in [3.8, 4) is 0 Å². The van der Waals surface area contributed by atoms with Crippen molar-refractivity contribution in [1.82, 2.24) is 20.3 Å². The Morgan fingerprint density at radius 3 is 2.60 bits per heavy atom. The zero-order valence-electron chi connectivity index (χ0n) is 16.1. The van der Waals surface area contributed by atoms with E-state index in [0.29, 0.717) is 6.04 Å². The number of hydrogen-bond acceptors (Lipinski definition) is 5. The standard InChI is InChI=1S/C18H31N5O2/c1-17(2)15(12-18(17,3)24-5)20-16(19-4)23-9-7-22(8-10-23)13-14-6-11-25-21-14/h6,11,15H,7-10,12-13H2,1-5H3,(H,19,20). The molecule has 1 aromatic heterocycles. The number of aliphatic imine (C=N–C) groups is 1. The summed E-state index contributed by atoms with van der Waals surface area (Å²) >= 11 is 0. The molecule has 3 rings (SSSR count). The number of ether oxygens (including phenoxy) is 1. The first-order valence-corrected chi connectivity index (χ1v) is 9.04. The maximum Gasteiger partial charge on any atom is 0.193 e. The SMILES string of the molecule is CN=C(NC1CC(C)(OC)C1(C)C)N1CCN(Cc2ccon2)CC1. The predicted octanol–water partition coefficient (Wildman–Crippen LogP) is 1.57. The van der Waals surface area contributed by atoms with Gasteiger partial charge >= 0.3 is 0 Å². The van der Waals surface area contributed by atoms with E-state index in [9.17, 15) is 0 Å². The average molecular weight is 349 g/mol. The van der Waals surface area contributed by atoms with Gasteiger partial charge in [0.2, 0.25) is 0 Å². The maximum absolute atomic E-state index is 5.73. The maximum atomic E-state index is 5.73. The second-order valence-electron chi connectivity index (χ2n) is 7.86. The van der Waals surface area contributed by atoms with Crippen molar-refractivity contribution in [2.45, 2.75) is 45.4 Å². The van der Waals surface area contributed by atoms with Crippen molar-refractivity contribution in [2.24, 2.45) is 10.4 Å². The van der Waals surface area contributed by atoms with Crippen LogP contribution in [-0.2, 0) is 11.3 Å². The van der Waals surface area contributed by atoms with Gasteiger partial charge in [0.05, 0.1) is 11.3 Å². The molecule has 0 radical (unpaired) electrons. The highest BCUT2D eigenvalue weighted by Crippen LogP contribution is 2.51. The van der Waals surface area contributed by atoms with Crippen LogP contribution in [0.2, 0.25) is 0 Å². The molecule has 0 aromatic carbocycles. The van der Waals surface area contributed by atoms with E-state index in [-0.39, 0.29) is 11.0 Å². The molecule has 2 heterocycles. The van der Waals surface area contributed by atoms with E-state index >= 15 is 0 Å². The third kappa shape index (κ3) is 3.40. The largest absolute Gasteiger partial charge is 0.378 e. The molecule has 2 unspecified atom stereocenters. The fraction of sp³-hybridized carbons (Fsp3) is 0.778. The zero-order chi connectivity index (χ0) is 18.1. The highest BCUT2D eigenvalue weighted by molar-refractivity contribution is 5.80. The van der Waals surface area contributed by atoms with Crippen LogP contribution in [0.25, 0.3) is 0 Å². The van der Waals surface area contributed by atoms with Gasteiger partial charge in [0.25, 0.3) is 0 Å². The minimum Gasteiger partial charge on any atom is -0.378 e. The molecule has 1 saturated carbocycles. The van der Waals surface area contributed by atoms with E-state index in [4.69, 9.17) is 9.26 Å². The van der Waals surface area contributed by atoms with E-state index in [1.165, 1.54) is 0 Å².